The lowest BCUT2D eigenvalue weighted by molar-refractivity contribution is 0.118. The Bertz CT molecular complexity index is 1240. The van der Waals surface area contributed by atoms with Crippen molar-refractivity contribution >= 4 is 10.8 Å². The van der Waals surface area contributed by atoms with Crippen LogP contribution in [0.1, 0.15) is 16.7 Å². The SMILES string of the molecule is COc1ccc([C@@](O)(c2ccccc2)c2cc3ccc(OC)cc3cc2OC)c(OC)c1. The lowest BCUT2D eigenvalue weighted by Gasteiger charge is -2.33. The van der Waals surface area contributed by atoms with Crippen molar-refractivity contribution in [3.05, 3.63) is 95.6 Å². The van der Waals surface area contributed by atoms with Gasteiger partial charge in [-0.15, -0.1) is 0 Å². The van der Waals surface area contributed by atoms with Crippen LogP contribution in [0.5, 0.6) is 23.0 Å². The van der Waals surface area contributed by atoms with E-state index in [4.69, 9.17) is 18.9 Å². The van der Waals surface area contributed by atoms with E-state index in [-0.39, 0.29) is 0 Å². The predicted octanol–water partition coefficient (Wildman–Crippen LogP) is 5.16. The highest BCUT2D eigenvalue weighted by atomic mass is 16.5. The quantitative estimate of drug-likeness (QED) is 0.411. The lowest BCUT2D eigenvalue weighted by Crippen LogP contribution is -2.30. The minimum absolute atomic E-state index is 0.507. The maximum Gasteiger partial charge on any atom is 0.147 e. The highest BCUT2D eigenvalue weighted by molar-refractivity contribution is 5.87. The van der Waals surface area contributed by atoms with Crippen molar-refractivity contribution in [1.82, 2.24) is 0 Å². The minimum atomic E-state index is -1.54. The highest BCUT2D eigenvalue weighted by Gasteiger charge is 2.39. The van der Waals surface area contributed by atoms with E-state index in [1.165, 1.54) is 0 Å². The summed E-state index contributed by atoms with van der Waals surface area (Å²) in [6.07, 6.45) is 0. The molecule has 4 aromatic rings. The molecule has 32 heavy (non-hydrogen) atoms. The highest BCUT2D eigenvalue weighted by Crippen LogP contribution is 2.46. The third-order valence-corrected chi connectivity index (χ3v) is 5.75. The molecule has 0 radical (unpaired) electrons. The molecule has 4 aromatic carbocycles. The minimum Gasteiger partial charge on any atom is -0.497 e. The first-order chi connectivity index (χ1) is 15.5. The van der Waals surface area contributed by atoms with Crippen LogP contribution < -0.4 is 18.9 Å². The normalized spacial score (nSPS) is 12.8. The topological polar surface area (TPSA) is 57.2 Å². The maximum atomic E-state index is 12.4. The zero-order valence-electron chi connectivity index (χ0n) is 18.6. The van der Waals surface area contributed by atoms with Gasteiger partial charge in [0.2, 0.25) is 0 Å². The van der Waals surface area contributed by atoms with Crippen LogP contribution in [0.25, 0.3) is 10.8 Å². The van der Waals surface area contributed by atoms with Crippen LogP contribution in [0.4, 0.5) is 0 Å². The number of aliphatic hydroxyl groups is 1. The summed E-state index contributed by atoms with van der Waals surface area (Å²) in [5.41, 5.74) is 0.332. The monoisotopic (exact) mass is 430 g/mol. The summed E-state index contributed by atoms with van der Waals surface area (Å²) in [5.74, 6) is 2.45. The molecule has 0 unspecified atom stereocenters. The molecule has 0 aliphatic rings. The smallest absolute Gasteiger partial charge is 0.147 e. The summed E-state index contributed by atoms with van der Waals surface area (Å²) in [7, 11) is 6.41. The summed E-state index contributed by atoms with van der Waals surface area (Å²) >= 11 is 0. The second-order valence-electron chi connectivity index (χ2n) is 7.41. The Morgan fingerprint density at radius 2 is 1.19 bits per heavy atom. The molecule has 0 spiro atoms. The molecule has 5 heteroatoms. The molecular weight excluding hydrogens is 404 g/mol. The van der Waals surface area contributed by atoms with Crippen LogP contribution >= 0.6 is 0 Å². The summed E-state index contributed by atoms with van der Waals surface area (Å²) in [5, 5.41) is 14.3. The number of rotatable bonds is 7. The molecule has 0 aliphatic carbocycles. The van der Waals surface area contributed by atoms with E-state index >= 15 is 0 Å². The Kier molecular flexibility index (Phi) is 5.93. The number of fused-ring (bicyclic) bond motifs is 1. The van der Waals surface area contributed by atoms with Gasteiger partial charge in [-0.3, -0.25) is 0 Å². The van der Waals surface area contributed by atoms with E-state index in [0.717, 1.165) is 16.5 Å². The zero-order chi connectivity index (χ0) is 22.7. The molecule has 0 heterocycles. The van der Waals surface area contributed by atoms with Gasteiger partial charge in [0.25, 0.3) is 0 Å². The number of hydrogen-bond donors (Lipinski definition) is 1. The third-order valence-electron chi connectivity index (χ3n) is 5.75. The maximum absolute atomic E-state index is 12.4. The molecule has 0 aliphatic heterocycles. The molecule has 4 rings (SSSR count). The summed E-state index contributed by atoms with van der Waals surface area (Å²) in [4.78, 5) is 0. The van der Waals surface area contributed by atoms with Crippen LogP contribution in [-0.4, -0.2) is 33.5 Å². The molecule has 1 N–H and O–H groups in total. The van der Waals surface area contributed by atoms with Gasteiger partial charge >= 0.3 is 0 Å². The fourth-order valence-corrected chi connectivity index (χ4v) is 4.07. The van der Waals surface area contributed by atoms with Crippen LogP contribution in [0, 0.1) is 0 Å². The molecule has 0 bridgehead atoms. The van der Waals surface area contributed by atoms with Gasteiger partial charge < -0.3 is 24.1 Å². The molecule has 0 fully saturated rings. The van der Waals surface area contributed by atoms with Crippen molar-refractivity contribution in [2.45, 2.75) is 5.60 Å². The van der Waals surface area contributed by atoms with E-state index in [0.29, 0.717) is 33.9 Å². The average Bonchev–Trinajstić information content (AvgIpc) is 2.87. The summed E-state index contributed by atoms with van der Waals surface area (Å²) < 4.78 is 22.2. The predicted molar refractivity (Wildman–Crippen MR) is 125 cm³/mol. The van der Waals surface area contributed by atoms with E-state index in [1.807, 2.05) is 72.8 Å². The second kappa shape index (κ2) is 8.81. The van der Waals surface area contributed by atoms with Gasteiger partial charge in [-0.2, -0.15) is 0 Å². The first-order valence-electron chi connectivity index (χ1n) is 10.2. The Morgan fingerprint density at radius 1 is 0.562 bits per heavy atom. The molecule has 0 saturated carbocycles. The number of methoxy groups -OCH3 is 4. The Balaban J connectivity index is 2.05. The molecule has 5 nitrogen and oxygen atoms in total. The number of benzene rings is 4. The van der Waals surface area contributed by atoms with Gasteiger partial charge in [0.15, 0.2) is 0 Å². The second-order valence-corrected chi connectivity index (χ2v) is 7.41. The first-order valence-corrected chi connectivity index (χ1v) is 10.2. The van der Waals surface area contributed by atoms with Crippen molar-refractivity contribution in [1.29, 1.82) is 0 Å². The van der Waals surface area contributed by atoms with Crippen molar-refractivity contribution in [2.75, 3.05) is 28.4 Å². The van der Waals surface area contributed by atoms with Crippen LogP contribution in [-0.2, 0) is 5.60 Å². The summed E-state index contributed by atoms with van der Waals surface area (Å²) in [6.45, 7) is 0. The molecule has 164 valence electrons. The van der Waals surface area contributed by atoms with Crippen LogP contribution in [0.15, 0.2) is 78.9 Å². The van der Waals surface area contributed by atoms with Crippen molar-refractivity contribution in [3.63, 3.8) is 0 Å². The van der Waals surface area contributed by atoms with E-state index in [2.05, 4.69) is 0 Å². The number of ether oxygens (including phenoxy) is 4. The average molecular weight is 431 g/mol. The van der Waals surface area contributed by atoms with E-state index < -0.39 is 5.60 Å². The van der Waals surface area contributed by atoms with E-state index in [1.54, 1.807) is 34.5 Å². The van der Waals surface area contributed by atoms with Gasteiger partial charge in [0.1, 0.15) is 28.6 Å². The molecule has 0 aromatic heterocycles. The Labute approximate surface area is 187 Å². The molecule has 1 atom stereocenters. The third kappa shape index (κ3) is 3.61. The zero-order valence-corrected chi connectivity index (χ0v) is 18.6. The van der Waals surface area contributed by atoms with Crippen LogP contribution in [0.2, 0.25) is 0 Å². The van der Waals surface area contributed by atoms with Gasteiger partial charge in [-0.05, 0) is 52.7 Å². The Morgan fingerprint density at radius 3 is 1.84 bits per heavy atom. The van der Waals surface area contributed by atoms with Crippen molar-refractivity contribution < 1.29 is 24.1 Å². The number of hydrogen-bond acceptors (Lipinski definition) is 5. The van der Waals surface area contributed by atoms with Gasteiger partial charge in [0.05, 0.1) is 28.4 Å². The largest absolute Gasteiger partial charge is 0.497 e. The first kappa shape index (κ1) is 21.5. The fraction of sp³-hybridized carbons (Fsp3) is 0.185. The van der Waals surface area contributed by atoms with E-state index in [9.17, 15) is 5.11 Å². The van der Waals surface area contributed by atoms with Crippen molar-refractivity contribution in [2.24, 2.45) is 0 Å². The van der Waals surface area contributed by atoms with Gasteiger partial charge in [-0.1, -0.05) is 36.4 Å². The van der Waals surface area contributed by atoms with Gasteiger partial charge in [-0.25, -0.2) is 0 Å². The summed E-state index contributed by atoms with van der Waals surface area (Å²) in [6, 6.07) is 24.6. The van der Waals surface area contributed by atoms with Crippen LogP contribution in [0.3, 0.4) is 0 Å². The lowest BCUT2D eigenvalue weighted by atomic mass is 9.78. The van der Waals surface area contributed by atoms with Crippen molar-refractivity contribution in [3.8, 4) is 23.0 Å². The molecule has 0 saturated heterocycles. The molecule has 0 amide bonds. The van der Waals surface area contributed by atoms with Gasteiger partial charge in [0, 0.05) is 17.2 Å². The standard InChI is InChI=1S/C27H26O5/c1-29-21-11-10-18-15-24(25(31-3)16-19(18)14-21)27(28,20-8-6-5-7-9-20)23-13-12-22(30-2)17-26(23)32-4/h5-17,28H,1-4H3/t27-/m0/s1. The Hall–Kier alpha value is -3.70. The fourth-order valence-electron chi connectivity index (χ4n) is 4.07. The molecular formula is C27H26O5.